The Balaban J connectivity index is 1.21. The fraction of sp³-hybridized carbons (Fsp3) is 0.929. The van der Waals surface area contributed by atoms with Gasteiger partial charge in [0.2, 0.25) is 17.7 Å². The highest BCUT2D eigenvalue weighted by Crippen LogP contribution is 2.41. The molecule has 0 aromatic carbocycles. The molecule has 123 heavy (non-hydrogen) atoms. The molecule has 0 aromatic heterocycles. The van der Waals surface area contributed by atoms with Gasteiger partial charge in [0.1, 0.15) is 134 Å². The van der Waals surface area contributed by atoms with Crippen molar-refractivity contribution in [1.29, 1.82) is 0 Å². The Morgan fingerprint density at radius 3 is 1.37 bits per heavy atom. The number of carbonyl (C=O) groups excluding carboxylic acids is 3. The highest BCUT2D eigenvalue weighted by Gasteiger charge is 2.61. The van der Waals surface area contributed by atoms with Crippen molar-refractivity contribution in [3.05, 3.63) is 12.2 Å². The summed E-state index contributed by atoms with van der Waals surface area (Å²) in [5.41, 5.74) is 0. The van der Waals surface area contributed by atoms with Gasteiger partial charge in [-0.05, 0) is 26.2 Å². The first kappa shape index (κ1) is 108. The van der Waals surface area contributed by atoms with Gasteiger partial charge in [-0.1, -0.05) is 219 Å². The number of ether oxygens (including phenoxy) is 12. The first-order valence-corrected chi connectivity index (χ1v) is 45.5. The first-order chi connectivity index (χ1) is 58.9. The molecule has 0 saturated carbocycles. The lowest BCUT2D eigenvalue weighted by atomic mass is 9.88. The minimum absolute atomic E-state index is 0.138. The first-order valence-electron chi connectivity index (χ1n) is 45.5. The number of aliphatic hydroxyl groups is 18. The maximum atomic E-state index is 13.7. The lowest BCUT2D eigenvalue weighted by molar-refractivity contribution is -0.396. The summed E-state index contributed by atoms with van der Waals surface area (Å²) in [6, 6.07) is -4.94. The zero-order valence-corrected chi connectivity index (χ0v) is 72.7. The van der Waals surface area contributed by atoms with Gasteiger partial charge in [0.05, 0.1) is 70.0 Å². The Morgan fingerprint density at radius 2 is 0.870 bits per heavy atom. The summed E-state index contributed by atoms with van der Waals surface area (Å²) in [5.74, 6) is -7.55. The zero-order valence-electron chi connectivity index (χ0n) is 72.7. The largest absolute Gasteiger partial charge is 0.477 e. The van der Waals surface area contributed by atoms with E-state index in [0.29, 0.717) is 12.8 Å². The van der Waals surface area contributed by atoms with Crippen molar-refractivity contribution in [2.75, 3.05) is 39.6 Å². The van der Waals surface area contributed by atoms with Gasteiger partial charge in [-0.2, -0.15) is 0 Å². The Bertz CT molecular complexity index is 2920. The van der Waals surface area contributed by atoms with Gasteiger partial charge in [0.15, 0.2) is 31.5 Å². The molecular formula is C85H153N3O35. The SMILES string of the molecule is CCCCCCCCCCCCC/C=C/[C@@H](O)[C@H](CO[C@@H]1OC(CO)[C@@H](O[C@@H]2OC(CO)[C@H](O)[C@H](O[C@@H]3OC(CO[C@]4(C(=O)O)CC(O)[C@@H](NC(C)=O)C([C@H](O)[C@H](O)CO)O4)[C@@H](O[C@H]4OC(C)[C@@H](O)C(O)[C@@H]4O)[C@H](O[C@@H]4OC(CO)[C@H](O)[C@H](O)C4O)C3NC(C)=O)C2O)[C@H](O)C1O)NC(=O)CCCCCCCCCCCCCCCCCCCCCCC. The van der Waals surface area contributed by atoms with Gasteiger partial charge in [0, 0.05) is 26.7 Å². The van der Waals surface area contributed by atoms with Gasteiger partial charge < -0.3 is 170 Å². The predicted molar refractivity (Wildman–Crippen MR) is 437 cm³/mol. The molecule has 6 fully saturated rings. The molecule has 6 aliphatic rings. The molecule has 718 valence electrons. The van der Waals surface area contributed by atoms with Crippen molar-refractivity contribution in [3.8, 4) is 0 Å². The molecule has 6 aliphatic heterocycles. The van der Waals surface area contributed by atoms with Crippen molar-refractivity contribution in [2.24, 2.45) is 0 Å². The normalized spacial score (nSPS) is 35.4. The van der Waals surface area contributed by atoms with E-state index in [-0.39, 0.29) is 12.3 Å². The van der Waals surface area contributed by atoms with Crippen molar-refractivity contribution in [1.82, 2.24) is 16.0 Å². The van der Waals surface area contributed by atoms with Crippen LogP contribution in [0.3, 0.4) is 0 Å². The monoisotopic (exact) mass is 1780 g/mol. The maximum Gasteiger partial charge on any atom is 0.364 e. The Morgan fingerprint density at radius 1 is 0.447 bits per heavy atom. The molecular weight excluding hydrogens is 1620 g/mol. The summed E-state index contributed by atoms with van der Waals surface area (Å²) in [7, 11) is 0. The minimum atomic E-state index is -3.22. The quantitative estimate of drug-likeness (QED) is 0.0285. The molecule has 12 unspecified atom stereocenters. The van der Waals surface area contributed by atoms with Crippen LogP contribution in [0.2, 0.25) is 0 Å². The van der Waals surface area contributed by atoms with Crippen molar-refractivity contribution in [3.63, 3.8) is 0 Å². The van der Waals surface area contributed by atoms with Crippen LogP contribution < -0.4 is 16.0 Å². The second kappa shape index (κ2) is 57.6. The van der Waals surface area contributed by atoms with E-state index in [4.69, 9.17) is 56.8 Å². The van der Waals surface area contributed by atoms with Crippen LogP contribution in [0.1, 0.15) is 259 Å². The number of carboxylic acids is 1. The fourth-order valence-electron chi connectivity index (χ4n) is 16.7. The number of carbonyl (C=O) groups is 4. The Kier molecular flexibility index (Phi) is 50.6. The van der Waals surface area contributed by atoms with Gasteiger partial charge in [-0.15, -0.1) is 0 Å². The van der Waals surface area contributed by atoms with E-state index in [1.807, 2.05) is 6.08 Å². The number of allylic oxidation sites excluding steroid dienone is 1. The molecule has 0 spiro atoms. The molecule has 38 heteroatoms. The van der Waals surface area contributed by atoms with E-state index in [1.165, 1.54) is 148 Å². The van der Waals surface area contributed by atoms with Crippen LogP contribution in [-0.4, -0.2) is 362 Å². The summed E-state index contributed by atoms with van der Waals surface area (Å²) in [6.45, 7) is 1.40. The average Bonchev–Trinajstić information content (AvgIpc) is 0.757. The van der Waals surface area contributed by atoms with Gasteiger partial charge in [-0.25, -0.2) is 4.79 Å². The number of unbranched alkanes of at least 4 members (excludes halogenated alkanes) is 31. The van der Waals surface area contributed by atoms with E-state index in [0.717, 1.165) is 71.6 Å². The average molecular weight is 1780 g/mol. The van der Waals surface area contributed by atoms with Crippen LogP contribution in [-0.2, 0) is 76.0 Å². The highest BCUT2D eigenvalue weighted by atomic mass is 16.8. The third-order valence-corrected chi connectivity index (χ3v) is 24.2. The molecule has 3 amide bonds. The number of aliphatic carboxylic acids is 1. The standard InChI is InChI=1S/C85H153N3O35/c1-6-8-10-12-14-16-18-20-21-22-23-24-25-26-27-29-31-33-35-37-39-41-60(98)88-52(53(95)40-38-36-34-32-30-28-19-17-15-13-11-9-7-2)47-112-80-72(108)69(105)74(58(46-92)117-80)119-83-73(109)78(66(102)57(45-91)116-83)122-79-62(87-51(5)94)77(121-82-71(107)68(104)65(101)56(44-90)115-82)75(120-81-70(106)67(103)63(99)49(3)114-81)59(118-79)48-113-85(84(110)111)42-54(96)61(86-50(4)93)76(123-85)64(100)55(97)43-89/h38,40,49,52-59,61-83,89-92,95-97,99-109H,6-37,39,41-48H2,1-5H3,(H,86,93)(H,87,94)(H,88,98)(H,110,111)/b40-38+/t49?,52-,53+,54?,55+,56?,57?,58?,59?,61+,62?,63+,64+,65-,66-,67?,68-,69+,70-,71?,72?,73?,74+,75+,76?,77+,78-,79-,80+,81+,82-,83-,85+/m0/s1. The molecule has 38 nitrogen and oxygen atoms in total. The minimum Gasteiger partial charge on any atom is -0.477 e. The van der Waals surface area contributed by atoms with Crippen LogP contribution in [0.4, 0.5) is 0 Å². The lowest BCUT2D eigenvalue weighted by Gasteiger charge is -2.52. The third-order valence-electron chi connectivity index (χ3n) is 24.2. The highest BCUT2D eigenvalue weighted by molar-refractivity contribution is 5.77. The van der Waals surface area contributed by atoms with E-state index in [9.17, 15) is 116 Å². The Labute approximate surface area is 722 Å². The predicted octanol–water partition coefficient (Wildman–Crippen LogP) is 0.150. The molecule has 0 aromatic rings. The number of amides is 3. The summed E-state index contributed by atoms with van der Waals surface area (Å²) in [5, 5.41) is 221. The van der Waals surface area contributed by atoms with Crippen LogP contribution in [0.25, 0.3) is 0 Å². The molecule has 0 radical (unpaired) electrons. The van der Waals surface area contributed by atoms with Gasteiger partial charge in [-0.3, -0.25) is 14.4 Å². The second-order valence-electron chi connectivity index (χ2n) is 34.2. The van der Waals surface area contributed by atoms with E-state index in [1.54, 1.807) is 6.08 Å². The molecule has 22 N–H and O–H groups in total. The fourth-order valence-corrected chi connectivity index (χ4v) is 16.7. The molecule has 6 heterocycles. The number of hydrogen-bond acceptors (Lipinski definition) is 34. The van der Waals surface area contributed by atoms with Crippen LogP contribution in [0.5, 0.6) is 0 Å². The zero-order chi connectivity index (χ0) is 90.3. The van der Waals surface area contributed by atoms with E-state index in [2.05, 4.69) is 29.8 Å². The van der Waals surface area contributed by atoms with Crippen molar-refractivity contribution in [2.45, 2.75) is 461 Å². The summed E-state index contributed by atoms with van der Waals surface area (Å²) >= 11 is 0. The maximum absolute atomic E-state index is 13.7. The lowest BCUT2D eigenvalue weighted by Crippen LogP contribution is -2.72. The van der Waals surface area contributed by atoms with Crippen LogP contribution in [0, 0.1) is 0 Å². The number of aliphatic hydroxyl groups excluding tert-OH is 18. The second-order valence-corrected chi connectivity index (χ2v) is 34.2. The van der Waals surface area contributed by atoms with E-state index >= 15 is 0 Å². The summed E-state index contributed by atoms with van der Waals surface area (Å²) in [4.78, 5) is 53.5. The third kappa shape index (κ3) is 34.0. The molecule has 0 aliphatic carbocycles. The van der Waals surface area contributed by atoms with Crippen molar-refractivity contribution >= 4 is 23.7 Å². The molecule has 6 saturated heterocycles. The Hall–Kier alpha value is -3.58. The summed E-state index contributed by atoms with van der Waals surface area (Å²) < 4.78 is 73.0. The van der Waals surface area contributed by atoms with E-state index < -0.39 is 266 Å². The van der Waals surface area contributed by atoms with Crippen LogP contribution in [0.15, 0.2) is 12.2 Å². The smallest absolute Gasteiger partial charge is 0.364 e. The topological polar surface area (TPSA) is 600 Å². The number of hydrogen-bond donors (Lipinski definition) is 22. The summed E-state index contributed by atoms with van der Waals surface area (Å²) in [6.07, 6.45) is -18.7. The van der Waals surface area contributed by atoms with Crippen LogP contribution >= 0.6 is 0 Å². The van der Waals surface area contributed by atoms with Crippen molar-refractivity contribution < 1.29 is 173 Å². The molecule has 33 atom stereocenters. The number of carboxylic acid groups (broad SMARTS) is 1. The number of nitrogens with one attached hydrogen (secondary N) is 3. The number of rotatable bonds is 60. The van der Waals surface area contributed by atoms with Gasteiger partial charge >= 0.3 is 5.97 Å². The van der Waals surface area contributed by atoms with Gasteiger partial charge in [0.25, 0.3) is 5.79 Å². The molecule has 0 bridgehead atoms. The molecule has 6 rings (SSSR count).